The van der Waals surface area contributed by atoms with Gasteiger partial charge in [0.2, 0.25) is 11.8 Å². The summed E-state index contributed by atoms with van der Waals surface area (Å²) in [6.07, 6.45) is 6.05. The van der Waals surface area contributed by atoms with Crippen molar-refractivity contribution in [2.24, 2.45) is 0 Å². The molecule has 0 saturated heterocycles. The molecule has 1 aliphatic rings. The highest BCUT2D eigenvalue weighted by atomic mass is 35.5. The van der Waals surface area contributed by atoms with Crippen molar-refractivity contribution in [2.75, 3.05) is 28.6 Å². The number of carbonyl (C=O) groups is 4. The summed E-state index contributed by atoms with van der Waals surface area (Å²) in [6, 6.07) is 6.03. The van der Waals surface area contributed by atoms with Gasteiger partial charge in [-0.3, -0.25) is 19.2 Å². The SMILES string of the molecule is CCCCN(CCCC)c1cc2c(cc1NC(=O)C=Cc1ccc(F)cc1Cl)NC(=O)C(CCC(=O)O)NC2=O. The van der Waals surface area contributed by atoms with Crippen molar-refractivity contribution in [3.8, 4) is 0 Å². The lowest BCUT2D eigenvalue weighted by atomic mass is 10.1. The van der Waals surface area contributed by atoms with E-state index in [1.165, 1.54) is 24.3 Å². The number of unbranched alkanes of at least 4 members (excludes halogenated alkanes) is 2. The fourth-order valence-electron chi connectivity index (χ4n) is 4.26. The van der Waals surface area contributed by atoms with E-state index in [-0.39, 0.29) is 29.1 Å². The Morgan fingerprint density at radius 2 is 1.82 bits per heavy atom. The summed E-state index contributed by atoms with van der Waals surface area (Å²) >= 11 is 6.07. The number of anilines is 3. The van der Waals surface area contributed by atoms with Crippen LogP contribution in [0.1, 0.15) is 68.3 Å². The van der Waals surface area contributed by atoms with Crippen LogP contribution in [0.2, 0.25) is 5.02 Å². The lowest BCUT2D eigenvalue weighted by Gasteiger charge is -2.28. The molecule has 3 rings (SSSR count). The molecule has 1 atom stereocenters. The van der Waals surface area contributed by atoms with Gasteiger partial charge in [0.15, 0.2) is 0 Å². The van der Waals surface area contributed by atoms with Gasteiger partial charge in [0.05, 0.1) is 27.6 Å². The standard InChI is InChI=1S/C29H34ClFN4O5/c1-3-5-13-35(14-6-4-2)25-16-20-23(34-29(40)22(33-28(20)39)10-12-27(37)38)17-24(25)32-26(36)11-8-18-7-9-19(31)15-21(18)30/h7-9,11,15-17,22H,3-6,10,12-14H2,1-2H3,(H,32,36)(H,33,39)(H,34,40)(H,37,38). The first kappa shape index (κ1) is 30.6. The third-order valence-corrected chi connectivity index (χ3v) is 6.77. The zero-order chi connectivity index (χ0) is 29.2. The van der Waals surface area contributed by atoms with Crippen molar-refractivity contribution >= 4 is 58.4 Å². The number of benzene rings is 2. The predicted molar refractivity (Wildman–Crippen MR) is 154 cm³/mol. The Kier molecular flexibility index (Phi) is 11.1. The van der Waals surface area contributed by atoms with Crippen molar-refractivity contribution in [1.82, 2.24) is 5.32 Å². The second-order valence-electron chi connectivity index (χ2n) is 9.55. The second kappa shape index (κ2) is 14.5. The van der Waals surface area contributed by atoms with Crippen LogP contribution in [-0.4, -0.2) is 47.9 Å². The lowest BCUT2D eigenvalue weighted by molar-refractivity contribution is -0.137. The normalized spacial score (nSPS) is 14.8. The molecule has 0 bridgehead atoms. The molecule has 2 aromatic rings. The van der Waals surface area contributed by atoms with E-state index in [2.05, 4.69) is 34.7 Å². The largest absolute Gasteiger partial charge is 0.481 e. The number of carboxylic acid groups (broad SMARTS) is 1. The van der Waals surface area contributed by atoms with Crippen molar-refractivity contribution in [1.29, 1.82) is 0 Å². The number of hydrogen-bond donors (Lipinski definition) is 4. The van der Waals surface area contributed by atoms with E-state index in [0.717, 1.165) is 31.7 Å². The second-order valence-corrected chi connectivity index (χ2v) is 9.95. The minimum atomic E-state index is -1.08. The molecule has 40 heavy (non-hydrogen) atoms. The summed E-state index contributed by atoms with van der Waals surface area (Å²) in [4.78, 5) is 52.1. The van der Waals surface area contributed by atoms with E-state index >= 15 is 0 Å². The third-order valence-electron chi connectivity index (χ3n) is 6.45. The quantitative estimate of drug-likeness (QED) is 0.236. The van der Waals surface area contributed by atoms with Crippen LogP contribution in [0.4, 0.5) is 21.5 Å². The molecule has 0 radical (unpaired) electrons. The number of aliphatic carboxylic acids is 1. The van der Waals surface area contributed by atoms with E-state index in [1.807, 2.05) is 0 Å². The van der Waals surface area contributed by atoms with Gasteiger partial charge in [-0.1, -0.05) is 44.4 Å². The molecule has 1 heterocycles. The highest BCUT2D eigenvalue weighted by molar-refractivity contribution is 6.32. The maximum Gasteiger partial charge on any atom is 0.303 e. The van der Waals surface area contributed by atoms with Gasteiger partial charge in [-0.25, -0.2) is 4.39 Å². The van der Waals surface area contributed by atoms with Crippen LogP contribution in [0.25, 0.3) is 6.08 Å². The molecule has 0 saturated carbocycles. The Morgan fingerprint density at radius 1 is 1.12 bits per heavy atom. The van der Waals surface area contributed by atoms with Crippen molar-refractivity contribution in [3.05, 3.63) is 58.4 Å². The van der Waals surface area contributed by atoms with Crippen molar-refractivity contribution < 1.29 is 28.7 Å². The van der Waals surface area contributed by atoms with Crippen LogP contribution in [0.5, 0.6) is 0 Å². The van der Waals surface area contributed by atoms with Crippen molar-refractivity contribution in [2.45, 2.75) is 58.4 Å². The number of rotatable bonds is 13. The van der Waals surface area contributed by atoms with Gasteiger partial charge in [0.1, 0.15) is 11.9 Å². The molecule has 9 nitrogen and oxygen atoms in total. The highest BCUT2D eigenvalue weighted by Gasteiger charge is 2.30. The first-order chi connectivity index (χ1) is 19.1. The Morgan fingerprint density at radius 3 is 2.45 bits per heavy atom. The fraction of sp³-hybridized carbons (Fsp3) is 0.379. The Labute approximate surface area is 237 Å². The summed E-state index contributed by atoms with van der Waals surface area (Å²) in [7, 11) is 0. The molecule has 214 valence electrons. The van der Waals surface area contributed by atoms with Gasteiger partial charge in [0.25, 0.3) is 5.91 Å². The summed E-state index contributed by atoms with van der Waals surface area (Å²) in [6.45, 7) is 5.52. The molecule has 2 aromatic carbocycles. The van der Waals surface area contributed by atoms with Gasteiger partial charge >= 0.3 is 5.97 Å². The molecular formula is C29H34ClFN4O5. The van der Waals surface area contributed by atoms with Gasteiger partial charge in [-0.05, 0) is 55.2 Å². The minimum Gasteiger partial charge on any atom is -0.481 e. The number of carboxylic acids is 1. The van der Waals surface area contributed by atoms with Crippen LogP contribution in [0, 0.1) is 5.82 Å². The fourth-order valence-corrected chi connectivity index (χ4v) is 4.49. The molecule has 3 amide bonds. The number of nitrogens with zero attached hydrogens (tertiary/aromatic N) is 1. The average molecular weight is 573 g/mol. The maximum absolute atomic E-state index is 13.4. The van der Waals surface area contributed by atoms with E-state index in [0.29, 0.717) is 30.0 Å². The number of fused-ring (bicyclic) bond motifs is 1. The van der Waals surface area contributed by atoms with Crippen LogP contribution >= 0.6 is 11.6 Å². The zero-order valence-corrected chi connectivity index (χ0v) is 23.3. The smallest absolute Gasteiger partial charge is 0.303 e. The molecule has 4 N–H and O–H groups in total. The topological polar surface area (TPSA) is 128 Å². The van der Waals surface area contributed by atoms with Crippen LogP contribution in [0.15, 0.2) is 36.4 Å². The number of nitrogens with one attached hydrogen (secondary N) is 3. The van der Waals surface area contributed by atoms with Crippen LogP contribution in [-0.2, 0) is 14.4 Å². The van der Waals surface area contributed by atoms with Crippen LogP contribution in [0.3, 0.4) is 0 Å². The van der Waals surface area contributed by atoms with Crippen LogP contribution < -0.4 is 20.9 Å². The van der Waals surface area contributed by atoms with Gasteiger partial charge in [0, 0.05) is 25.6 Å². The van der Waals surface area contributed by atoms with Gasteiger partial charge in [-0.2, -0.15) is 0 Å². The number of amides is 3. The summed E-state index contributed by atoms with van der Waals surface area (Å²) in [5.41, 5.74) is 1.89. The van der Waals surface area contributed by atoms with E-state index in [1.54, 1.807) is 12.1 Å². The summed E-state index contributed by atoms with van der Waals surface area (Å²) in [5.74, 6) is -3.11. The third kappa shape index (κ3) is 8.29. The molecular weight excluding hydrogens is 539 g/mol. The van der Waals surface area contributed by atoms with E-state index < -0.39 is 35.5 Å². The molecule has 0 spiro atoms. The number of halogens is 2. The Balaban J connectivity index is 1.99. The van der Waals surface area contributed by atoms with Gasteiger partial charge in [-0.15, -0.1) is 0 Å². The molecule has 11 heteroatoms. The Bertz CT molecular complexity index is 1290. The average Bonchev–Trinajstić information content (AvgIpc) is 3.01. The summed E-state index contributed by atoms with van der Waals surface area (Å²) < 4.78 is 13.4. The maximum atomic E-state index is 13.4. The first-order valence-electron chi connectivity index (χ1n) is 13.3. The minimum absolute atomic E-state index is 0.0623. The van der Waals surface area contributed by atoms with Gasteiger partial charge < -0.3 is 26.0 Å². The van der Waals surface area contributed by atoms with E-state index in [9.17, 15) is 23.6 Å². The number of carbonyl (C=O) groups excluding carboxylic acids is 3. The molecule has 0 fully saturated rings. The summed E-state index contributed by atoms with van der Waals surface area (Å²) in [5, 5.41) is 17.4. The molecule has 0 aromatic heterocycles. The monoisotopic (exact) mass is 572 g/mol. The zero-order valence-electron chi connectivity index (χ0n) is 22.6. The Hall–Kier alpha value is -3.92. The molecule has 1 unspecified atom stereocenters. The number of hydrogen-bond acceptors (Lipinski definition) is 5. The van der Waals surface area contributed by atoms with Crippen molar-refractivity contribution in [3.63, 3.8) is 0 Å². The predicted octanol–water partition coefficient (Wildman–Crippen LogP) is 5.45. The molecule has 0 aliphatic carbocycles. The lowest BCUT2D eigenvalue weighted by Crippen LogP contribution is -2.41. The molecule has 1 aliphatic heterocycles. The highest BCUT2D eigenvalue weighted by Crippen LogP contribution is 2.35. The first-order valence-corrected chi connectivity index (χ1v) is 13.7. The van der Waals surface area contributed by atoms with E-state index in [4.69, 9.17) is 16.7 Å².